The summed E-state index contributed by atoms with van der Waals surface area (Å²) >= 11 is 3.32. The first-order chi connectivity index (χ1) is 11.7. The zero-order valence-electron chi connectivity index (χ0n) is 13.5. The van der Waals surface area contributed by atoms with Crippen molar-refractivity contribution in [2.45, 2.75) is 38.8 Å². The largest absolute Gasteiger partial charge is 0.346 e. The standard InChI is InChI=1S/C17H20N4OS2/c1-13-11-24-17(19-13)15(10-14-4-3-9-23-14)20-16(22)5-2-7-21-8-6-18-12-21/h3-4,6,8-9,11-12,15H,2,5,7,10H2,1H3,(H,20,22). The first-order valence-electron chi connectivity index (χ1n) is 7.90. The van der Waals surface area contributed by atoms with E-state index >= 15 is 0 Å². The monoisotopic (exact) mass is 360 g/mol. The fourth-order valence-electron chi connectivity index (χ4n) is 2.47. The summed E-state index contributed by atoms with van der Waals surface area (Å²) in [5, 5.41) is 8.22. The number of carbonyl (C=O) groups is 1. The van der Waals surface area contributed by atoms with Gasteiger partial charge in [-0.05, 0) is 24.8 Å². The minimum Gasteiger partial charge on any atom is -0.346 e. The van der Waals surface area contributed by atoms with Gasteiger partial charge in [0.05, 0.1) is 12.4 Å². The fraction of sp³-hybridized carbons (Fsp3) is 0.353. The molecule has 0 fully saturated rings. The molecule has 3 aromatic rings. The molecule has 3 rings (SSSR count). The quantitative estimate of drug-likeness (QED) is 0.668. The molecule has 126 valence electrons. The number of aromatic nitrogens is 3. The van der Waals surface area contributed by atoms with Crippen molar-refractivity contribution in [3.8, 4) is 0 Å². The van der Waals surface area contributed by atoms with Crippen molar-refractivity contribution in [3.63, 3.8) is 0 Å². The molecule has 0 aliphatic heterocycles. The molecule has 1 amide bonds. The fourth-order valence-corrected chi connectivity index (χ4v) is 4.07. The molecule has 3 heterocycles. The summed E-state index contributed by atoms with van der Waals surface area (Å²) in [6.07, 6.45) is 7.53. The lowest BCUT2D eigenvalue weighted by molar-refractivity contribution is -0.122. The van der Waals surface area contributed by atoms with Crippen LogP contribution in [0.3, 0.4) is 0 Å². The van der Waals surface area contributed by atoms with Gasteiger partial charge in [0, 0.05) is 47.7 Å². The van der Waals surface area contributed by atoms with Crippen LogP contribution >= 0.6 is 22.7 Å². The van der Waals surface area contributed by atoms with Crippen LogP contribution in [0.4, 0.5) is 0 Å². The van der Waals surface area contributed by atoms with Gasteiger partial charge in [0.1, 0.15) is 5.01 Å². The second kappa shape index (κ2) is 8.21. The second-order valence-electron chi connectivity index (χ2n) is 5.63. The van der Waals surface area contributed by atoms with E-state index in [2.05, 4.69) is 26.7 Å². The Balaban J connectivity index is 1.57. The van der Waals surface area contributed by atoms with Crippen molar-refractivity contribution in [1.82, 2.24) is 19.9 Å². The van der Waals surface area contributed by atoms with E-state index in [1.54, 1.807) is 35.2 Å². The summed E-state index contributed by atoms with van der Waals surface area (Å²) in [5.41, 5.74) is 1.00. The third kappa shape index (κ3) is 4.75. The van der Waals surface area contributed by atoms with E-state index in [4.69, 9.17) is 0 Å². The van der Waals surface area contributed by atoms with Gasteiger partial charge in [-0.1, -0.05) is 6.07 Å². The lowest BCUT2D eigenvalue weighted by Crippen LogP contribution is -2.29. The highest BCUT2D eigenvalue weighted by Crippen LogP contribution is 2.24. The molecule has 24 heavy (non-hydrogen) atoms. The summed E-state index contributed by atoms with van der Waals surface area (Å²) in [6, 6.07) is 4.09. The number of imidazole rings is 1. The Morgan fingerprint density at radius 1 is 1.42 bits per heavy atom. The zero-order valence-corrected chi connectivity index (χ0v) is 15.1. The van der Waals surface area contributed by atoms with E-state index < -0.39 is 0 Å². The van der Waals surface area contributed by atoms with E-state index in [1.165, 1.54) is 4.88 Å². The van der Waals surface area contributed by atoms with Crippen molar-refractivity contribution >= 4 is 28.6 Å². The molecule has 1 N–H and O–H groups in total. The zero-order chi connectivity index (χ0) is 16.8. The molecule has 0 aliphatic rings. The van der Waals surface area contributed by atoms with Crippen LogP contribution in [-0.4, -0.2) is 20.4 Å². The summed E-state index contributed by atoms with van der Waals surface area (Å²) in [7, 11) is 0. The number of hydrogen-bond acceptors (Lipinski definition) is 5. The van der Waals surface area contributed by atoms with Gasteiger partial charge in [0.2, 0.25) is 5.91 Å². The third-order valence-electron chi connectivity index (χ3n) is 3.63. The highest BCUT2D eigenvalue weighted by Gasteiger charge is 2.18. The third-order valence-corrected chi connectivity index (χ3v) is 5.61. The van der Waals surface area contributed by atoms with E-state index in [0.717, 1.165) is 30.1 Å². The maximum absolute atomic E-state index is 12.3. The van der Waals surface area contributed by atoms with Crippen molar-refractivity contribution in [2.24, 2.45) is 0 Å². The van der Waals surface area contributed by atoms with Crippen molar-refractivity contribution in [2.75, 3.05) is 0 Å². The summed E-state index contributed by atoms with van der Waals surface area (Å²) in [4.78, 5) is 22.2. The second-order valence-corrected chi connectivity index (χ2v) is 7.56. The van der Waals surface area contributed by atoms with Crippen LogP contribution in [0.15, 0.2) is 41.6 Å². The van der Waals surface area contributed by atoms with Crippen molar-refractivity contribution < 1.29 is 4.79 Å². The SMILES string of the molecule is Cc1csc(C(Cc2cccs2)NC(=O)CCCn2ccnc2)n1. The molecule has 0 aromatic carbocycles. The van der Waals surface area contributed by atoms with Crippen molar-refractivity contribution in [3.05, 3.63) is 57.2 Å². The van der Waals surface area contributed by atoms with Gasteiger partial charge in [-0.25, -0.2) is 9.97 Å². The Labute approximate surface area is 149 Å². The molecule has 0 bridgehead atoms. The lowest BCUT2D eigenvalue weighted by Gasteiger charge is -2.16. The first kappa shape index (κ1) is 16.9. The number of aryl methyl sites for hydroxylation is 2. The van der Waals surface area contributed by atoms with Crippen molar-refractivity contribution in [1.29, 1.82) is 0 Å². The van der Waals surface area contributed by atoms with E-state index in [9.17, 15) is 4.79 Å². The normalized spacial score (nSPS) is 12.2. The smallest absolute Gasteiger partial charge is 0.220 e. The van der Waals surface area contributed by atoms with Gasteiger partial charge in [0.15, 0.2) is 0 Å². The molecule has 7 heteroatoms. The van der Waals surface area contributed by atoms with Crippen LogP contribution in [-0.2, 0) is 17.8 Å². The minimum atomic E-state index is -0.0527. The number of hydrogen-bond donors (Lipinski definition) is 1. The van der Waals surface area contributed by atoms with Gasteiger partial charge in [-0.2, -0.15) is 0 Å². The predicted molar refractivity (Wildman–Crippen MR) is 97.2 cm³/mol. The lowest BCUT2D eigenvalue weighted by atomic mass is 10.1. The summed E-state index contributed by atoms with van der Waals surface area (Å²) < 4.78 is 1.99. The predicted octanol–water partition coefficient (Wildman–Crippen LogP) is 3.59. The number of carbonyl (C=O) groups excluding carboxylic acids is 1. The van der Waals surface area contributed by atoms with Crippen LogP contribution in [0.25, 0.3) is 0 Å². The van der Waals surface area contributed by atoms with Crippen LogP contribution in [0, 0.1) is 6.92 Å². The highest BCUT2D eigenvalue weighted by atomic mass is 32.1. The number of thiophene rings is 1. The molecule has 1 unspecified atom stereocenters. The maximum Gasteiger partial charge on any atom is 0.220 e. The Hall–Kier alpha value is -1.99. The molecule has 0 saturated carbocycles. The van der Waals surface area contributed by atoms with Crippen LogP contribution in [0.2, 0.25) is 0 Å². The molecule has 1 atom stereocenters. The number of nitrogens with one attached hydrogen (secondary N) is 1. The molecule has 0 radical (unpaired) electrons. The molecular formula is C17H20N4OS2. The van der Waals surface area contributed by atoms with Crippen LogP contribution in [0.1, 0.15) is 34.5 Å². The molecule has 5 nitrogen and oxygen atoms in total. The minimum absolute atomic E-state index is 0.0527. The Bertz CT molecular complexity index is 750. The molecule has 0 saturated heterocycles. The maximum atomic E-state index is 12.3. The number of rotatable bonds is 8. The average molecular weight is 361 g/mol. The average Bonchev–Trinajstić information content (AvgIpc) is 3.29. The van der Waals surface area contributed by atoms with Gasteiger partial charge < -0.3 is 9.88 Å². The van der Waals surface area contributed by atoms with Gasteiger partial charge in [-0.15, -0.1) is 22.7 Å². The Morgan fingerprint density at radius 3 is 3.00 bits per heavy atom. The molecule has 0 spiro atoms. The number of amides is 1. The first-order valence-corrected chi connectivity index (χ1v) is 9.66. The van der Waals surface area contributed by atoms with Gasteiger partial charge in [0.25, 0.3) is 0 Å². The molecular weight excluding hydrogens is 340 g/mol. The van der Waals surface area contributed by atoms with E-state index in [-0.39, 0.29) is 11.9 Å². The van der Waals surface area contributed by atoms with Crippen LogP contribution < -0.4 is 5.32 Å². The summed E-state index contributed by atoms with van der Waals surface area (Å²) in [6.45, 7) is 2.79. The highest BCUT2D eigenvalue weighted by molar-refractivity contribution is 7.10. The van der Waals surface area contributed by atoms with Gasteiger partial charge in [-0.3, -0.25) is 4.79 Å². The summed E-state index contributed by atoms with van der Waals surface area (Å²) in [5.74, 6) is 0.0736. The Kier molecular flexibility index (Phi) is 5.77. The van der Waals surface area contributed by atoms with Crippen LogP contribution in [0.5, 0.6) is 0 Å². The van der Waals surface area contributed by atoms with E-state index in [1.807, 2.05) is 29.1 Å². The van der Waals surface area contributed by atoms with E-state index in [0.29, 0.717) is 6.42 Å². The number of nitrogens with zero attached hydrogens (tertiary/aromatic N) is 3. The topological polar surface area (TPSA) is 59.8 Å². The Morgan fingerprint density at radius 2 is 2.33 bits per heavy atom. The molecule has 3 aromatic heterocycles. The molecule has 0 aliphatic carbocycles. The number of thiazole rings is 1. The van der Waals surface area contributed by atoms with Gasteiger partial charge >= 0.3 is 0 Å².